The van der Waals surface area contributed by atoms with Crippen molar-refractivity contribution < 1.29 is 9.53 Å². The Kier molecular flexibility index (Phi) is 6.22. The van der Waals surface area contributed by atoms with Crippen LogP contribution in [0.15, 0.2) is 47.2 Å². The molecule has 1 N–H and O–H groups in total. The standard InChI is InChI=1S/C18H21BrN4O2/c19-15-12-21-17(22-13-15)25-16-7-10-23(11-8-16)18(24)20-9-6-14-4-2-1-3-5-14/h1-5,12-13,16H,6-11H2,(H,20,24). The molecule has 2 amide bonds. The molecule has 0 unspecified atom stereocenters. The second-order valence-corrected chi connectivity index (χ2v) is 6.87. The number of aromatic nitrogens is 2. The number of nitrogens with zero attached hydrogens (tertiary/aromatic N) is 3. The number of piperidine rings is 1. The second-order valence-electron chi connectivity index (χ2n) is 5.96. The summed E-state index contributed by atoms with van der Waals surface area (Å²) in [5.74, 6) is 0. The predicted octanol–water partition coefficient (Wildman–Crippen LogP) is 3.03. The molecule has 1 aliphatic rings. The van der Waals surface area contributed by atoms with Crippen molar-refractivity contribution in [2.24, 2.45) is 0 Å². The molecule has 2 aromatic rings. The molecule has 1 aromatic heterocycles. The van der Waals surface area contributed by atoms with Gasteiger partial charge >= 0.3 is 12.0 Å². The number of nitrogens with one attached hydrogen (secondary N) is 1. The highest BCUT2D eigenvalue weighted by Crippen LogP contribution is 2.16. The number of hydrogen-bond donors (Lipinski definition) is 1. The van der Waals surface area contributed by atoms with Crippen molar-refractivity contribution >= 4 is 22.0 Å². The highest BCUT2D eigenvalue weighted by Gasteiger charge is 2.24. The zero-order valence-electron chi connectivity index (χ0n) is 13.9. The number of carbonyl (C=O) groups excluding carboxylic acids is 1. The summed E-state index contributed by atoms with van der Waals surface area (Å²) in [7, 11) is 0. The summed E-state index contributed by atoms with van der Waals surface area (Å²) in [6.07, 6.45) is 5.79. The Bertz CT molecular complexity index is 673. The molecule has 25 heavy (non-hydrogen) atoms. The molecule has 3 rings (SSSR count). The smallest absolute Gasteiger partial charge is 0.317 e. The number of ether oxygens (including phenoxy) is 1. The van der Waals surface area contributed by atoms with Crippen LogP contribution in [0.1, 0.15) is 18.4 Å². The lowest BCUT2D eigenvalue weighted by molar-refractivity contribution is 0.103. The van der Waals surface area contributed by atoms with E-state index in [0.29, 0.717) is 25.6 Å². The predicted molar refractivity (Wildman–Crippen MR) is 98.5 cm³/mol. The molecule has 1 aromatic carbocycles. The maximum Gasteiger partial charge on any atom is 0.317 e. The quantitative estimate of drug-likeness (QED) is 0.831. The van der Waals surface area contributed by atoms with E-state index in [2.05, 4.69) is 43.3 Å². The van der Waals surface area contributed by atoms with Gasteiger partial charge < -0.3 is 15.0 Å². The third kappa shape index (κ3) is 5.42. The van der Waals surface area contributed by atoms with Gasteiger partial charge in [-0.25, -0.2) is 14.8 Å². The van der Waals surface area contributed by atoms with Crippen molar-refractivity contribution in [3.05, 3.63) is 52.8 Å². The Hall–Kier alpha value is -2.15. The summed E-state index contributed by atoms with van der Waals surface area (Å²) < 4.78 is 6.60. The van der Waals surface area contributed by atoms with Gasteiger partial charge in [0.2, 0.25) is 0 Å². The molecule has 132 valence electrons. The van der Waals surface area contributed by atoms with Crippen molar-refractivity contribution in [3.63, 3.8) is 0 Å². The third-order valence-corrected chi connectivity index (χ3v) is 4.54. The van der Waals surface area contributed by atoms with Crippen LogP contribution in [0.2, 0.25) is 0 Å². The molecule has 0 spiro atoms. The van der Waals surface area contributed by atoms with Crippen LogP contribution < -0.4 is 10.1 Å². The van der Waals surface area contributed by atoms with E-state index in [-0.39, 0.29) is 12.1 Å². The summed E-state index contributed by atoms with van der Waals surface area (Å²) in [6.45, 7) is 2.00. The minimum Gasteiger partial charge on any atom is -0.460 e. The zero-order valence-corrected chi connectivity index (χ0v) is 15.5. The number of halogens is 1. The van der Waals surface area contributed by atoms with Gasteiger partial charge in [-0.05, 0) is 27.9 Å². The number of urea groups is 1. The Morgan fingerprint density at radius 2 is 1.88 bits per heavy atom. The van der Waals surface area contributed by atoms with E-state index < -0.39 is 0 Å². The van der Waals surface area contributed by atoms with Gasteiger partial charge in [-0.2, -0.15) is 0 Å². The Morgan fingerprint density at radius 1 is 1.20 bits per heavy atom. The average molecular weight is 405 g/mol. The first kappa shape index (κ1) is 17.7. The topological polar surface area (TPSA) is 67.4 Å². The summed E-state index contributed by atoms with van der Waals surface area (Å²) in [4.78, 5) is 22.3. The number of hydrogen-bond acceptors (Lipinski definition) is 4. The van der Waals surface area contributed by atoms with Gasteiger partial charge in [0.15, 0.2) is 0 Å². The van der Waals surface area contributed by atoms with Crippen LogP contribution >= 0.6 is 15.9 Å². The SMILES string of the molecule is O=C(NCCc1ccccc1)N1CCC(Oc2ncc(Br)cn2)CC1. The molecule has 7 heteroatoms. The summed E-state index contributed by atoms with van der Waals surface area (Å²) in [5, 5.41) is 2.99. The zero-order chi connectivity index (χ0) is 17.5. The highest BCUT2D eigenvalue weighted by molar-refractivity contribution is 9.10. The normalized spacial score (nSPS) is 15.0. The van der Waals surface area contributed by atoms with Crippen LogP contribution in [-0.2, 0) is 6.42 Å². The van der Waals surface area contributed by atoms with Crippen molar-refractivity contribution in [1.82, 2.24) is 20.2 Å². The Balaban J connectivity index is 1.38. The van der Waals surface area contributed by atoms with E-state index in [1.54, 1.807) is 12.4 Å². The lowest BCUT2D eigenvalue weighted by Gasteiger charge is -2.31. The summed E-state index contributed by atoms with van der Waals surface area (Å²) in [5.41, 5.74) is 1.23. The number of amides is 2. The first-order valence-electron chi connectivity index (χ1n) is 8.41. The fourth-order valence-corrected chi connectivity index (χ4v) is 2.96. The lowest BCUT2D eigenvalue weighted by atomic mass is 10.1. The van der Waals surface area contributed by atoms with Gasteiger partial charge in [-0.1, -0.05) is 30.3 Å². The van der Waals surface area contributed by atoms with Crippen LogP contribution in [0, 0.1) is 0 Å². The maximum atomic E-state index is 12.2. The molecule has 0 bridgehead atoms. The minimum atomic E-state index is -0.00530. The molecular weight excluding hydrogens is 384 g/mol. The van der Waals surface area contributed by atoms with Gasteiger partial charge in [-0.3, -0.25) is 0 Å². The molecule has 0 atom stereocenters. The van der Waals surface area contributed by atoms with Gasteiger partial charge in [0.05, 0.1) is 4.47 Å². The number of benzene rings is 1. The van der Waals surface area contributed by atoms with Crippen molar-refractivity contribution in [2.45, 2.75) is 25.4 Å². The van der Waals surface area contributed by atoms with E-state index >= 15 is 0 Å². The fraction of sp³-hybridized carbons (Fsp3) is 0.389. The third-order valence-electron chi connectivity index (χ3n) is 4.13. The van der Waals surface area contributed by atoms with E-state index in [0.717, 1.165) is 23.7 Å². The summed E-state index contributed by atoms with van der Waals surface area (Å²) >= 11 is 3.30. The molecule has 0 aliphatic carbocycles. The maximum absolute atomic E-state index is 12.2. The van der Waals surface area contributed by atoms with Crippen LogP contribution in [0.3, 0.4) is 0 Å². The van der Waals surface area contributed by atoms with Crippen molar-refractivity contribution in [3.8, 4) is 6.01 Å². The van der Waals surface area contributed by atoms with Gasteiger partial charge in [-0.15, -0.1) is 0 Å². The molecule has 1 aliphatic heterocycles. The van der Waals surface area contributed by atoms with Crippen LogP contribution in [0.4, 0.5) is 4.79 Å². The Labute approximate surface area is 155 Å². The average Bonchev–Trinajstić information content (AvgIpc) is 2.65. The van der Waals surface area contributed by atoms with Crippen LogP contribution in [0.5, 0.6) is 6.01 Å². The molecule has 1 fully saturated rings. The first-order valence-corrected chi connectivity index (χ1v) is 9.21. The van der Waals surface area contributed by atoms with E-state index in [1.807, 2.05) is 23.1 Å². The van der Waals surface area contributed by atoms with Gasteiger partial charge in [0, 0.05) is 44.9 Å². The largest absolute Gasteiger partial charge is 0.460 e. The molecular formula is C18H21BrN4O2. The second kappa shape index (κ2) is 8.80. The van der Waals surface area contributed by atoms with Gasteiger partial charge in [0.25, 0.3) is 0 Å². The van der Waals surface area contributed by atoms with Crippen LogP contribution in [0.25, 0.3) is 0 Å². The minimum absolute atomic E-state index is 0.00530. The molecule has 1 saturated heterocycles. The highest BCUT2D eigenvalue weighted by atomic mass is 79.9. The number of rotatable bonds is 5. The number of likely N-dealkylation sites (tertiary alicyclic amines) is 1. The van der Waals surface area contributed by atoms with E-state index in [4.69, 9.17) is 4.74 Å². The fourth-order valence-electron chi connectivity index (χ4n) is 2.76. The molecule has 0 saturated carbocycles. The van der Waals surface area contributed by atoms with E-state index in [1.165, 1.54) is 5.56 Å². The van der Waals surface area contributed by atoms with E-state index in [9.17, 15) is 4.79 Å². The number of carbonyl (C=O) groups is 1. The van der Waals surface area contributed by atoms with Gasteiger partial charge in [0.1, 0.15) is 6.10 Å². The molecule has 2 heterocycles. The van der Waals surface area contributed by atoms with Crippen molar-refractivity contribution in [1.29, 1.82) is 0 Å². The lowest BCUT2D eigenvalue weighted by Crippen LogP contribution is -2.47. The first-order chi connectivity index (χ1) is 12.2. The molecule has 6 nitrogen and oxygen atoms in total. The molecule has 0 radical (unpaired) electrons. The van der Waals surface area contributed by atoms with Crippen molar-refractivity contribution in [2.75, 3.05) is 19.6 Å². The Morgan fingerprint density at radius 3 is 2.56 bits per heavy atom. The van der Waals surface area contributed by atoms with Crippen LogP contribution in [-0.4, -0.2) is 46.6 Å². The monoisotopic (exact) mass is 404 g/mol. The summed E-state index contributed by atoms with van der Waals surface area (Å²) in [6, 6.07) is 10.5.